The first-order chi connectivity index (χ1) is 10.6. The van der Waals surface area contributed by atoms with Crippen LogP contribution in [0.1, 0.15) is 22.3 Å². The average molecular weight is 323 g/mol. The van der Waals surface area contributed by atoms with Gasteiger partial charge in [0.1, 0.15) is 5.22 Å². The molecule has 110 valence electrons. The maximum Gasteiger partial charge on any atom is 0.205 e. The highest BCUT2D eigenvalue weighted by Crippen LogP contribution is 2.38. The fraction of sp³-hybridized carbons (Fsp3) is 0.111. The second kappa shape index (κ2) is 4.89. The summed E-state index contributed by atoms with van der Waals surface area (Å²) in [4.78, 5) is 0. The number of fused-ring (bicyclic) bond motifs is 2. The summed E-state index contributed by atoms with van der Waals surface area (Å²) in [5.41, 5.74) is 4.57. The monoisotopic (exact) mass is 322 g/mol. The number of rotatable bonds is 3. The van der Waals surface area contributed by atoms with E-state index in [1.807, 2.05) is 36.4 Å². The van der Waals surface area contributed by atoms with E-state index in [1.165, 1.54) is 11.1 Å². The summed E-state index contributed by atoms with van der Waals surface area (Å²) < 4.78 is 6.37. The molecule has 1 N–H and O–H groups in total. The average Bonchev–Trinajstić information content (AvgIpc) is 3.07. The van der Waals surface area contributed by atoms with Gasteiger partial charge in [-0.25, -0.2) is 0 Å². The van der Waals surface area contributed by atoms with E-state index in [9.17, 15) is 5.11 Å². The lowest BCUT2D eigenvalue weighted by atomic mass is 10.1. The molecule has 2 aromatic rings. The van der Waals surface area contributed by atoms with Crippen molar-refractivity contribution in [2.75, 3.05) is 0 Å². The molecule has 0 heterocycles. The molecule has 2 atom stereocenters. The first-order valence-corrected chi connectivity index (χ1v) is 9.83. The lowest BCUT2D eigenvalue weighted by molar-refractivity contribution is 0.129. The van der Waals surface area contributed by atoms with Crippen LogP contribution in [0.3, 0.4) is 0 Å². The molecule has 0 spiro atoms. The van der Waals surface area contributed by atoms with Crippen LogP contribution in [0.2, 0.25) is 0 Å². The van der Waals surface area contributed by atoms with E-state index in [1.54, 1.807) is 0 Å². The normalized spacial score (nSPS) is 28.6. The standard InChI is InChI=1S/C18H18O2Si2/c19-17(11-9-13-5-1-3-7-15(13)17)22-20-18(21)12-10-14-6-2-4-8-16(14)18/h1-12,19H,22H2,21H3. The van der Waals surface area contributed by atoms with E-state index in [0.29, 0.717) is 0 Å². The fourth-order valence-electron chi connectivity index (χ4n) is 3.30. The summed E-state index contributed by atoms with van der Waals surface area (Å²) in [6, 6.07) is 16.4. The third-order valence-corrected chi connectivity index (χ3v) is 8.17. The molecule has 0 fully saturated rings. The maximum absolute atomic E-state index is 11.0. The smallest absolute Gasteiger partial charge is 0.205 e. The first kappa shape index (κ1) is 13.9. The highest BCUT2D eigenvalue weighted by molar-refractivity contribution is 6.35. The summed E-state index contributed by atoms with van der Waals surface area (Å²) in [7, 11) is -0.316. The highest BCUT2D eigenvalue weighted by Gasteiger charge is 2.38. The molecule has 0 saturated heterocycles. The quantitative estimate of drug-likeness (QED) is 0.861. The van der Waals surface area contributed by atoms with Crippen molar-refractivity contribution in [3.05, 3.63) is 82.9 Å². The third kappa shape index (κ3) is 2.07. The van der Waals surface area contributed by atoms with Gasteiger partial charge in [-0.2, -0.15) is 0 Å². The zero-order valence-corrected chi connectivity index (χ0v) is 15.9. The van der Waals surface area contributed by atoms with Crippen LogP contribution in [-0.4, -0.2) is 25.1 Å². The predicted octanol–water partition coefficient (Wildman–Crippen LogP) is 1.20. The van der Waals surface area contributed by atoms with Crippen LogP contribution in [0.15, 0.2) is 60.7 Å². The van der Waals surface area contributed by atoms with Crippen molar-refractivity contribution in [2.24, 2.45) is 0 Å². The molecule has 0 amide bonds. The third-order valence-electron chi connectivity index (χ3n) is 4.63. The number of benzene rings is 2. The van der Waals surface area contributed by atoms with E-state index in [2.05, 4.69) is 36.4 Å². The Morgan fingerprint density at radius 2 is 1.45 bits per heavy atom. The molecule has 2 aromatic carbocycles. The van der Waals surface area contributed by atoms with Crippen molar-refractivity contribution in [3.8, 4) is 0 Å². The summed E-state index contributed by atoms with van der Waals surface area (Å²) in [5, 5.41) is 9.83. The molecule has 2 aliphatic carbocycles. The molecule has 0 aromatic heterocycles. The van der Waals surface area contributed by atoms with E-state index >= 15 is 0 Å². The molecule has 0 saturated carbocycles. The Morgan fingerprint density at radius 1 is 0.864 bits per heavy atom. The number of hydrogen-bond donors (Lipinski definition) is 1. The molecule has 0 bridgehead atoms. The molecular weight excluding hydrogens is 304 g/mol. The highest BCUT2D eigenvalue weighted by atomic mass is 28.2. The maximum atomic E-state index is 11.0. The van der Waals surface area contributed by atoms with Crippen molar-refractivity contribution >= 4 is 32.2 Å². The molecule has 4 rings (SSSR count). The van der Waals surface area contributed by atoms with Crippen molar-refractivity contribution in [1.82, 2.24) is 0 Å². The minimum atomic E-state index is -1.19. The van der Waals surface area contributed by atoms with E-state index < -0.39 is 15.0 Å². The van der Waals surface area contributed by atoms with Gasteiger partial charge >= 0.3 is 0 Å². The van der Waals surface area contributed by atoms with Gasteiger partial charge in [0.05, 0.1) is 15.5 Å². The second-order valence-corrected chi connectivity index (χ2v) is 9.30. The molecule has 2 nitrogen and oxygen atoms in total. The Kier molecular flexibility index (Phi) is 3.09. The van der Waals surface area contributed by atoms with Gasteiger partial charge in [-0.05, 0) is 28.3 Å². The van der Waals surface area contributed by atoms with Gasteiger partial charge in [0.15, 0.2) is 0 Å². The van der Waals surface area contributed by atoms with Crippen LogP contribution in [0.25, 0.3) is 12.2 Å². The zero-order chi connectivity index (χ0) is 15.2. The Balaban J connectivity index is 1.60. The predicted molar refractivity (Wildman–Crippen MR) is 96.1 cm³/mol. The largest absolute Gasteiger partial charge is 0.411 e. The van der Waals surface area contributed by atoms with E-state index in [-0.39, 0.29) is 5.22 Å². The summed E-state index contributed by atoms with van der Waals surface area (Å²) in [6.45, 7) is 0. The number of hydrogen-bond acceptors (Lipinski definition) is 2. The Labute approximate surface area is 135 Å². The summed E-state index contributed by atoms with van der Waals surface area (Å²) in [6.07, 6.45) is 8.20. The Morgan fingerprint density at radius 3 is 2.23 bits per heavy atom. The molecular formula is C18H18O2Si2. The van der Waals surface area contributed by atoms with Gasteiger partial charge in [0.2, 0.25) is 9.76 Å². The lowest BCUT2D eigenvalue weighted by Crippen LogP contribution is -2.38. The van der Waals surface area contributed by atoms with Gasteiger partial charge in [0, 0.05) is 0 Å². The molecule has 2 aliphatic rings. The SMILES string of the molecule is OC1([SiH2]OC2([SiH3])C=Cc3ccccc32)C=Cc2ccccc21. The summed E-state index contributed by atoms with van der Waals surface area (Å²) in [5.74, 6) is 0. The van der Waals surface area contributed by atoms with E-state index in [0.717, 1.165) is 21.4 Å². The minimum absolute atomic E-state index is 0.288. The molecule has 0 radical (unpaired) electrons. The zero-order valence-electron chi connectivity index (χ0n) is 12.5. The lowest BCUT2D eigenvalue weighted by Gasteiger charge is -2.31. The van der Waals surface area contributed by atoms with Gasteiger partial charge in [-0.3, -0.25) is 0 Å². The van der Waals surface area contributed by atoms with Crippen molar-refractivity contribution < 1.29 is 9.53 Å². The van der Waals surface area contributed by atoms with Crippen LogP contribution in [0.4, 0.5) is 0 Å². The Hall–Kier alpha value is -1.73. The van der Waals surface area contributed by atoms with Gasteiger partial charge < -0.3 is 9.53 Å². The van der Waals surface area contributed by atoms with Crippen LogP contribution in [0.5, 0.6) is 0 Å². The van der Waals surface area contributed by atoms with Gasteiger partial charge in [-0.1, -0.05) is 66.8 Å². The molecule has 0 aliphatic heterocycles. The van der Waals surface area contributed by atoms with Crippen LogP contribution >= 0.6 is 0 Å². The van der Waals surface area contributed by atoms with E-state index in [4.69, 9.17) is 4.43 Å². The topological polar surface area (TPSA) is 29.5 Å². The van der Waals surface area contributed by atoms with Crippen LogP contribution in [-0.2, 0) is 14.9 Å². The molecule has 22 heavy (non-hydrogen) atoms. The fourth-order valence-corrected chi connectivity index (χ4v) is 5.82. The van der Waals surface area contributed by atoms with Gasteiger partial charge in [-0.15, -0.1) is 0 Å². The second-order valence-electron chi connectivity index (χ2n) is 6.16. The first-order valence-electron chi connectivity index (χ1n) is 7.55. The number of aliphatic hydroxyl groups is 1. The van der Waals surface area contributed by atoms with Crippen LogP contribution < -0.4 is 0 Å². The summed E-state index contributed by atoms with van der Waals surface area (Å²) >= 11 is 0. The van der Waals surface area contributed by atoms with Crippen molar-refractivity contribution in [2.45, 2.75) is 10.4 Å². The Bertz CT molecular complexity index is 732. The molecule has 2 unspecified atom stereocenters. The van der Waals surface area contributed by atoms with Gasteiger partial charge in [0.25, 0.3) is 0 Å². The molecule has 4 heteroatoms. The van der Waals surface area contributed by atoms with Crippen molar-refractivity contribution in [1.29, 1.82) is 0 Å². The minimum Gasteiger partial charge on any atom is -0.411 e. The van der Waals surface area contributed by atoms with Crippen molar-refractivity contribution in [3.63, 3.8) is 0 Å². The van der Waals surface area contributed by atoms with Crippen LogP contribution in [0, 0.1) is 0 Å².